The summed E-state index contributed by atoms with van der Waals surface area (Å²) in [5.41, 5.74) is -0.436. The standard InChI is InChI=1S/C12H20N2O3/c1-8-5-4-6-12(7-8,16-3)11-13-10(9(2)15)17-14-11/h8-9,15H,4-7H2,1-3H3. The van der Waals surface area contributed by atoms with Crippen molar-refractivity contribution in [2.24, 2.45) is 5.92 Å². The van der Waals surface area contributed by atoms with E-state index in [1.165, 1.54) is 6.42 Å². The third-order valence-corrected chi connectivity index (χ3v) is 3.55. The molecular weight excluding hydrogens is 220 g/mol. The minimum atomic E-state index is -0.730. The van der Waals surface area contributed by atoms with E-state index in [1.54, 1.807) is 14.0 Å². The Balaban J connectivity index is 2.26. The first-order valence-electron chi connectivity index (χ1n) is 6.15. The molecule has 3 unspecified atom stereocenters. The van der Waals surface area contributed by atoms with Gasteiger partial charge in [0.15, 0.2) is 0 Å². The Kier molecular flexibility index (Phi) is 3.49. The molecule has 3 atom stereocenters. The number of aromatic nitrogens is 2. The van der Waals surface area contributed by atoms with E-state index in [9.17, 15) is 5.11 Å². The number of aliphatic hydroxyl groups is 1. The van der Waals surface area contributed by atoms with Crippen molar-refractivity contribution in [3.05, 3.63) is 11.7 Å². The molecule has 1 fully saturated rings. The van der Waals surface area contributed by atoms with Crippen LogP contribution in [-0.4, -0.2) is 22.4 Å². The molecule has 0 radical (unpaired) electrons. The van der Waals surface area contributed by atoms with Crippen LogP contribution < -0.4 is 0 Å². The average Bonchev–Trinajstić information content (AvgIpc) is 2.78. The van der Waals surface area contributed by atoms with Gasteiger partial charge in [0.05, 0.1) is 0 Å². The Bertz CT molecular complexity index is 378. The van der Waals surface area contributed by atoms with Crippen LogP contribution in [0.2, 0.25) is 0 Å². The second kappa shape index (κ2) is 4.74. The van der Waals surface area contributed by atoms with E-state index in [2.05, 4.69) is 17.1 Å². The summed E-state index contributed by atoms with van der Waals surface area (Å²) in [5.74, 6) is 1.43. The summed E-state index contributed by atoms with van der Waals surface area (Å²) >= 11 is 0. The Morgan fingerprint density at radius 1 is 1.59 bits per heavy atom. The van der Waals surface area contributed by atoms with Crippen LogP contribution in [0.1, 0.15) is 57.3 Å². The fourth-order valence-corrected chi connectivity index (χ4v) is 2.57. The summed E-state index contributed by atoms with van der Waals surface area (Å²) in [4.78, 5) is 4.26. The lowest BCUT2D eigenvalue weighted by Gasteiger charge is -2.36. The number of rotatable bonds is 3. The molecule has 5 nitrogen and oxygen atoms in total. The summed E-state index contributed by atoms with van der Waals surface area (Å²) in [5, 5.41) is 13.4. The maximum absolute atomic E-state index is 9.41. The van der Waals surface area contributed by atoms with Gasteiger partial charge < -0.3 is 14.4 Å². The van der Waals surface area contributed by atoms with E-state index in [1.807, 2.05) is 0 Å². The van der Waals surface area contributed by atoms with E-state index >= 15 is 0 Å². The molecule has 0 bridgehead atoms. The van der Waals surface area contributed by atoms with Crippen LogP contribution in [0, 0.1) is 5.92 Å². The van der Waals surface area contributed by atoms with Crippen molar-refractivity contribution in [1.29, 1.82) is 0 Å². The van der Waals surface area contributed by atoms with Crippen LogP contribution in [0.3, 0.4) is 0 Å². The summed E-state index contributed by atoms with van der Waals surface area (Å²) in [6, 6.07) is 0. The van der Waals surface area contributed by atoms with Crippen molar-refractivity contribution in [2.75, 3.05) is 7.11 Å². The summed E-state index contributed by atoms with van der Waals surface area (Å²) in [6.07, 6.45) is 3.40. The van der Waals surface area contributed by atoms with Gasteiger partial charge in [-0.2, -0.15) is 4.98 Å². The van der Waals surface area contributed by atoms with Crippen LogP contribution in [0.4, 0.5) is 0 Å². The van der Waals surface area contributed by atoms with E-state index < -0.39 is 11.7 Å². The van der Waals surface area contributed by atoms with E-state index in [4.69, 9.17) is 9.26 Å². The summed E-state index contributed by atoms with van der Waals surface area (Å²) in [6.45, 7) is 3.82. The lowest BCUT2D eigenvalue weighted by atomic mass is 9.78. The lowest BCUT2D eigenvalue weighted by Crippen LogP contribution is -2.35. The van der Waals surface area contributed by atoms with Crippen LogP contribution in [-0.2, 0) is 10.3 Å². The molecule has 17 heavy (non-hydrogen) atoms. The fraction of sp³-hybridized carbons (Fsp3) is 0.833. The Morgan fingerprint density at radius 3 is 2.88 bits per heavy atom. The van der Waals surface area contributed by atoms with Crippen molar-refractivity contribution in [1.82, 2.24) is 10.1 Å². The molecule has 1 aromatic rings. The highest BCUT2D eigenvalue weighted by Crippen LogP contribution is 2.41. The van der Waals surface area contributed by atoms with Crippen molar-refractivity contribution >= 4 is 0 Å². The summed E-state index contributed by atoms with van der Waals surface area (Å²) in [7, 11) is 1.69. The molecule has 0 aromatic carbocycles. The molecule has 2 rings (SSSR count). The van der Waals surface area contributed by atoms with Crippen LogP contribution >= 0.6 is 0 Å². The van der Waals surface area contributed by atoms with Crippen LogP contribution in [0.25, 0.3) is 0 Å². The quantitative estimate of drug-likeness (QED) is 0.877. The Hall–Kier alpha value is -0.940. The van der Waals surface area contributed by atoms with Gasteiger partial charge in [0.25, 0.3) is 5.89 Å². The van der Waals surface area contributed by atoms with Crippen molar-refractivity contribution in [3.8, 4) is 0 Å². The third kappa shape index (κ3) is 2.35. The monoisotopic (exact) mass is 240 g/mol. The Labute approximate surface area is 101 Å². The number of methoxy groups -OCH3 is 1. The highest BCUT2D eigenvalue weighted by atomic mass is 16.5. The molecule has 0 amide bonds. The van der Waals surface area contributed by atoms with Crippen molar-refractivity contribution < 1.29 is 14.4 Å². The fourth-order valence-electron chi connectivity index (χ4n) is 2.57. The first kappa shape index (κ1) is 12.5. The van der Waals surface area contributed by atoms with Gasteiger partial charge in [-0.05, 0) is 32.1 Å². The van der Waals surface area contributed by atoms with Gasteiger partial charge in [0.2, 0.25) is 5.82 Å². The number of hydrogen-bond donors (Lipinski definition) is 1. The zero-order chi connectivity index (χ0) is 12.5. The number of hydrogen-bond acceptors (Lipinski definition) is 5. The largest absolute Gasteiger partial charge is 0.384 e. The van der Waals surface area contributed by atoms with Gasteiger partial charge in [0.1, 0.15) is 11.7 Å². The summed E-state index contributed by atoms with van der Waals surface area (Å²) < 4.78 is 10.7. The molecule has 96 valence electrons. The first-order chi connectivity index (χ1) is 8.07. The van der Waals surface area contributed by atoms with Gasteiger partial charge in [0, 0.05) is 7.11 Å². The van der Waals surface area contributed by atoms with Gasteiger partial charge >= 0.3 is 0 Å². The molecule has 1 aliphatic carbocycles. The first-order valence-corrected chi connectivity index (χ1v) is 6.15. The van der Waals surface area contributed by atoms with Crippen LogP contribution in [0.15, 0.2) is 4.52 Å². The SMILES string of the molecule is COC1(c2noc(C(C)O)n2)CCCC(C)C1. The van der Waals surface area contributed by atoms with E-state index in [-0.39, 0.29) is 5.89 Å². The molecule has 1 heterocycles. The normalized spacial score (nSPS) is 31.4. The zero-order valence-electron chi connectivity index (χ0n) is 10.6. The minimum absolute atomic E-state index is 0.259. The minimum Gasteiger partial charge on any atom is -0.384 e. The number of aliphatic hydroxyl groups excluding tert-OH is 1. The highest BCUT2D eigenvalue weighted by molar-refractivity contribution is 5.04. The topological polar surface area (TPSA) is 68.4 Å². The molecule has 0 aliphatic heterocycles. The van der Waals surface area contributed by atoms with E-state index in [0.29, 0.717) is 11.7 Å². The molecular formula is C12H20N2O3. The Morgan fingerprint density at radius 2 is 2.35 bits per heavy atom. The third-order valence-electron chi connectivity index (χ3n) is 3.55. The highest BCUT2D eigenvalue weighted by Gasteiger charge is 2.41. The second-order valence-electron chi connectivity index (χ2n) is 5.03. The van der Waals surface area contributed by atoms with Crippen LogP contribution in [0.5, 0.6) is 0 Å². The smallest absolute Gasteiger partial charge is 0.255 e. The van der Waals surface area contributed by atoms with E-state index in [0.717, 1.165) is 19.3 Å². The molecule has 1 saturated carbocycles. The molecule has 5 heteroatoms. The molecule has 0 spiro atoms. The molecule has 1 aromatic heterocycles. The predicted molar refractivity (Wildman–Crippen MR) is 61.3 cm³/mol. The van der Waals surface area contributed by atoms with Gasteiger partial charge in [-0.1, -0.05) is 18.5 Å². The van der Waals surface area contributed by atoms with Gasteiger partial charge in [-0.3, -0.25) is 0 Å². The average molecular weight is 240 g/mol. The molecule has 1 aliphatic rings. The van der Waals surface area contributed by atoms with Crippen molar-refractivity contribution in [2.45, 2.75) is 51.2 Å². The number of ether oxygens (including phenoxy) is 1. The van der Waals surface area contributed by atoms with Gasteiger partial charge in [-0.25, -0.2) is 0 Å². The maximum Gasteiger partial charge on any atom is 0.255 e. The molecule has 1 N–H and O–H groups in total. The second-order valence-corrected chi connectivity index (χ2v) is 5.03. The molecule has 0 saturated heterocycles. The zero-order valence-corrected chi connectivity index (χ0v) is 10.6. The number of nitrogens with zero attached hydrogens (tertiary/aromatic N) is 2. The van der Waals surface area contributed by atoms with Crippen molar-refractivity contribution in [3.63, 3.8) is 0 Å². The predicted octanol–water partition coefficient (Wildman–Crippen LogP) is 2.17. The van der Waals surface area contributed by atoms with Gasteiger partial charge in [-0.15, -0.1) is 0 Å². The lowest BCUT2D eigenvalue weighted by molar-refractivity contribution is -0.0658. The maximum atomic E-state index is 9.41.